The van der Waals surface area contributed by atoms with Gasteiger partial charge in [-0.1, -0.05) is 42.2 Å². The van der Waals surface area contributed by atoms with E-state index in [0.717, 1.165) is 37.2 Å². The molecule has 0 fully saturated rings. The van der Waals surface area contributed by atoms with Gasteiger partial charge in [0.25, 0.3) is 11.8 Å². The molecule has 1 aliphatic heterocycles. The van der Waals surface area contributed by atoms with Crippen LogP contribution in [-0.2, 0) is 25.3 Å². The summed E-state index contributed by atoms with van der Waals surface area (Å²) in [6.45, 7) is 2.03. The lowest BCUT2D eigenvalue weighted by atomic mass is 10.1. The summed E-state index contributed by atoms with van der Waals surface area (Å²) in [7, 11) is 7.15. The molecule has 0 spiro atoms. The molecular formula is C28H28N6O2S2. The maximum absolute atomic E-state index is 13.6. The zero-order valence-electron chi connectivity index (χ0n) is 21.9. The number of aryl methyl sites for hydroxylation is 2. The Kier molecular flexibility index (Phi) is 7.15. The molecule has 4 heterocycles. The van der Waals surface area contributed by atoms with Crippen molar-refractivity contribution in [1.82, 2.24) is 24.5 Å². The highest BCUT2D eigenvalue weighted by Crippen LogP contribution is 2.44. The van der Waals surface area contributed by atoms with Crippen LogP contribution >= 0.6 is 23.1 Å². The number of thiophene rings is 1. The van der Waals surface area contributed by atoms with Gasteiger partial charge in [-0.05, 0) is 24.1 Å². The van der Waals surface area contributed by atoms with Crippen LogP contribution in [-0.4, -0.2) is 62.2 Å². The second-order valence-electron chi connectivity index (χ2n) is 9.29. The number of likely N-dealkylation sites (N-methyl/N-ethyl adjacent to an activating group) is 2. The van der Waals surface area contributed by atoms with E-state index in [4.69, 9.17) is 0 Å². The molecule has 0 aliphatic carbocycles. The van der Waals surface area contributed by atoms with Crippen molar-refractivity contribution in [3.8, 4) is 11.8 Å². The zero-order valence-corrected chi connectivity index (χ0v) is 23.6. The van der Waals surface area contributed by atoms with Gasteiger partial charge in [0.15, 0.2) is 5.69 Å². The van der Waals surface area contributed by atoms with Crippen LogP contribution in [0.4, 0.5) is 5.00 Å². The van der Waals surface area contributed by atoms with E-state index in [1.54, 1.807) is 46.3 Å². The molecule has 2 amide bonds. The second-order valence-corrected chi connectivity index (χ2v) is 11.3. The van der Waals surface area contributed by atoms with Gasteiger partial charge in [-0.15, -0.1) is 23.1 Å². The van der Waals surface area contributed by atoms with Crippen LogP contribution in [0.1, 0.15) is 37.7 Å². The van der Waals surface area contributed by atoms with Gasteiger partial charge in [0.05, 0.1) is 16.6 Å². The Labute approximate surface area is 230 Å². The summed E-state index contributed by atoms with van der Waals surface area (Å²) in [5, 5.41) is 9.49. The maximum atomic E-state index is 13.6. The molecule has 4 aromatic rings. The van der Waals surface area contributed by atoms with Gasteiger partial charge in [0.1, 0.15) is 11.0 Å². The Morgan fingerprint density at radius 3 is 2.66 bits per heavy atom. The third-order valence-electron chi connectivity index (χ3n) is 6.62. The average molecular weight is 545 g/mol. The first-order valence-electron chi connectivity index (χ1n) is 12.1. The van der Waals surface area contributed by atoms with Crippen LogP contribution in [0.2, 0.25) is 0 Å². The molecule has 5 rings (SSSR count). The molecule has 194 valence electrons. The summed E-state index contributed by atoms with van der Waals surface area (Å²) in [5.41, 5.74) is 4.31. The Morgan fingerprint density at radius 1 is 1.18 bits per heavy atom. The predicted octanol–water partition coefficient (Wildman–Crippen LogP) is 3.72. The molecular weight excluding hydrogens is 516 g/mol. The van der Waals surface area contributed by atoms with Gasteiger partial charge < -0.3 is 9.80 Å². The van der Waals surface area contributed by atoms with Crippen LogP contribution in [0.5, 0.6) is 0 Å². The molecule has 0 unspecified atom stereocenters. The number of carbonyl (C=O) groups excluding carboxylic acids is 2. The van der Waals surface area contributed by atoms with Gasteiger partial charge in [-0.2, -0.15) is 10.2 Å². The molecule has 0 bridgehead atoms. The summed E-state index contributed by atoms with van der Waals surface area (Å²) in [5.74, 6) is 6.46. The van der Waals surface area contributed by atoms with Gasteiger partial charge in [0, 0.05) is 57.2 Å². The fraction of sp³-hybridized carbons (Fsp3) is 0.286. The number of aromatic nitrogens is 4. The molecule has 3 aromatic heterocycles. The smallest absolute Gasteiger partial charge is 0.274 e. The fourth-order valence-corrected chi connectivity index (χ4v) is 7.00. The highest BCUT2D eigenvalue weighted by molar-refractivity contribution is 7.99. The number of rotatable bonds is 4. The first-order valence-corrected chi connectivity index (χ1v) is 13.9. The summed E-state index contributed by atoms with van der Waals surface area (Å²) in [6.07, 6.45) is 4.28. The van der Waals surface area contributed by atoms with Crippen molar-refractivity contribution in [3.05, 3.63) is 81.7 Å². The minimum Gasteiger partial charge on any atom is -0.327 e. The van der Waals surface area contributed by atoms with E-state index in [2.05, 4.69) is 22.0 Å². The lowest BCUT2D eigenvalue weighted by Crippen LogP contribution is -2.49. The van der Waals surface area contributed by atoms with Crippen LogP contribution < -0.4 is 4.90 Å². The fourth-order valence-electron chi connectivity index (χ4n) is 4.35. The number of hydrogen-bond acceptors (Lipinski definition) is 6. The van der Waals surface area contributed by atoms with Gasteiger partial charge >= 0.3 is 0 Å². The van der Waals surface area contributed by atoms with E-state index in [9.17, 15) is 9.59 Å². The van der Waals surface area contributed by atoms with Gasteiger partial charge in [0.2, 0.25) is 0 Å². The van der Waals surface area contributed by atoms with Crippen LogP contribution in [0.25, 0.3) is 0 Å². The molecule has 0 saturated heterocycles. The monoisotopic (exact) mass is 544 g/mol. The molecule has 0 N–H and O–H groups in total. The summed E-state index contributed by atoms with van der Waals surface area (Å²) in [6, 6.07) is 11.3. The van der Waals surface area contributed by atoms with Crippen molar-refractivity contribution in [2.45, 2.75) is 24.3 Å². The van der Waals surface area contributed by atoms with Crippen molar-refractivity contribution >= 4 is 39.9 Å². The summed E-state index contributed by atoms with van der Waals surface area (Å²) >= 11 is 3.10. The van der Waals surface area contributed by atoms with Crippen molar-refractivity contribution in [1.29, 1.82) is 0 Å². The number of hydrogen-bond donors (Lipinski definition) is 0. The van der Waals surface area contributed by atoms with E-state index in [1.165, 1.54) is 16.2 Å². The normalized spacial score (nSPS) is 15.0. The third kappa shape index (κ3) is 4.99. The summed E-state index contributed by atoms with van der Waals surface area (Å²) in [4.78, 5) is 32.1. The molecule has 1 atom stereocenters. The first kappa shape index (κ1) is 25.8. The van der Waals surface area contributed by atoms with E-state index in [0.29, 0.717) is 17.9 Å². The van der Waals surface area contributed by atoms with Crippen LogP contribution in [0, 0.1) is 18.8 Å². The quantitative estimate of drug-likeness (QED) is 0.366. The van der Waals surface area contributed by atoms with Crippen molar-refractivity contribution in [2.75, 3.05) is 24.7 Å². The van der Waals surface area contributed by atoms with Crippen molar-refractivity contribution < 1.29 is 9.59 Å². The largest absolute Gasteiger partial charge is 0.327 e. The predicted molar refractivity (Wildman–Crippen MR) is 151 cm³/mol. The third-order valence-corrected chi connectivity index (χ3v) is 9.30. The molecule has 38 heavy (non-hydrogen) atoms. The van der Waals surface area contributed by atoms with Gasteiger partial charge in [-0.3, -0.25) is 19.0 Å². The number of carbonyl (C=O) groups is 2. The van der Waals surface area contributed by atoms with E-state index in [1.807, 2.05) is 63.6 Å². The lowest BCUT2D eigenvalue weighted by Gasteiger charge is -2.27. The molecule has 10 heteroatoms. The Morgan fingerprint density at radius 2 is 1.95 bits per heavy atom. The molecule has 1 aliphatic rings. The molecule has 8 nitrogen and oxygen atoms in total. The van der Waals surface area contributed by atoms with Crippen molar-refractivity contribution in [2.24, 2.45) is 14.1 Å². The summed E-state index contributed by atoms with van der Waals surface area (Å²) < 4.78 is 3.45. The second kappa shape index (κ2) is 10.5. The maximum Gasteiger partial charge on any atom is 0.274 e. The highest BCUT2D eigenvalue weighted by Gasteiger charge is 2.36. The minimum absolute atomic E-state index is 0.124. The number of anilines is 1. The van der Waals surface area contributed by atoms with Crippen LogP contribution in [0.3, 0.4) is 0 Å². The molecule has 0 saturated carbocycles. The van der Waals surface area contributed by atoms with E-state index in [-0.39, 0.29) is 11.8 Å². The number of nitrogens with zero attached hydrogens (tertiary/aromatic N) is 6. The van der Waals surface area contributed by atoms with E-state index < -0.39 is 6.04 Å². The molecule has 0 radical (unpaired) electrons. The SMILES string of the molecule is Cc1c(C#Cc2cnn(C)c2)sc2c1SC[C@H](N(C)C(=O)c1cc(Cc3ccccc3)n(C)n1)C(=O)N2C. The number of thioether (sulfide) groups is 1. The zero-order chi connectivity index (χ0) is 27.0. The Hall–Kier alpha value is -3.81. The number of amides is 2. The van der Waals surface area contributed by atoms with Crippen molar-refractivity contribution in [3.63, 3.8) is 0 Å². The topological polar surface area (TPSA) is 76.3 Å². The van der Waals surface area contributed by atoms with E-state index >= 15 is 0 Å². The standard InChI is InChI=1S/C28H28N6O2S2/c1-18-24(12-11-20-15-29-31(2)16-20)38-28-25(18)37-17-23(27(36)33(28)4)32(3)26(35)22-14-21(34(5)30-22)13-19-9-7-6-8-10-19/h6-10,14-16,23H,13,17H2,1-5H3/t23-/m0/s1. The minimum atomic E-state index is -0.610. The number of benzene rings is 1. The average Bonchev–Trinajstić information content (AvgIpc) is 3.57. The lowest BCUT2D eigenvalue weighted by molar-refractivity contribution is -0.121. The number of fused-ring (bicyclic) bond motifs is 1. The highest BCUT2D eigenvalue weighted by atomic mass is 32.2. The van der Waals surface area contributed by atoms with Crippen LogP contribution in [0.15, 0.2) is 53.7 Å². The Bertz CT molecular complexity index is 1570. The van der Waals surface area contributed by atoms with Gasteiger partial charge in [-0.25, -0.2) is 0 Å². The first-order chi connectivity index (χ1) is 18.2. The molecule has 1 aromatic carbocycles. The Balaban J connectivity index is 1.34.